The Labute approximate surface area is 160 Å². The number of rotatable bonds is 4. The van der Waals surface area contributed by atoms with Crippen LogP contribution < -0.4 is 5.56 Å². The molecule has 4 rings (SSSR count). The Hall–Kier alpha value is -3.06. The number of carboxylic acid groups (broad SMARTS) is 1. The summed E-state index contributed by atoms with van der Waals surface area (Å²) in [6.07, 6.45) is 5.04. The van der Waals surface area contributed by atoms with Crippen molar-refractivity contribution in [2.24, 2.45) is 0 Å². The van der Waals surface area contributed by atoms with E-state index in [-0.39, 0.29) is 5.56 Å². The molecular weight excluding hydrogens is 361 g/mol. The standard InChI is InChI=1S/C21H20FN3O3/c22-19-5-4-15(12-23-19)14-6-9-24(10-7-14)13-16-11-17(21(27)28)20(26)25-8-2-1-3-18(16)25/h1-5,8,11-12,14H,6-7,9-10,13H2,(H,27,28). The molecule has 3 aromatic heterocycles. The third-order valence-corrected chi connectivity index (χ3v) is 5.39. The van der Waals surface area contributed by atoms with E-state index in [9.17, 15) is 19.1 Å². The normalized spacial score (nSPS) is 15.8. The zero-order valence-electron chi connectivity index (χ0n) is 15.2. The Kier molecular flexibility index (Phi) is 4.92. The number of hydrogen-bond donors (Lipinski definition) is 1. The van der Waals surface area contributed by atoms with Crippen molar-refractivity contribution in [2.45, 2.75) is 25.3 Å². The molecule has 1 fully saturated rings. The Morgan fingerprint density at radius 1 is 1.21 bits per heavy atom. The molecule has 0 radical (unpaired) electrons. The highest BCUT2D eigenvalue weighted by atomic mass is 19.1. The van der Waals surface area contributed by atoms with Gasteiger partial charge in [-0.25, -0.2) is 9.78 Å². The smallest absolute Gasteiger partial charge is 0.341 e. The number of carbonyl (C=O) groups is 1. The molecule has 144 valence electrons. The molecule has 3 aromatic rings. The van der Waals surface area contributed by atoms with Gasteiger partial charge in [-0.15, -0.1) is 0 Å². The highest BCUT2D eigenvalue weighted by Gasteiger charge is 2.22. The van der Waals surface area contributed by atoms with Crippen molar-refractivity contribution < 1.29 is 14.3 Å². The van der Waals surface area contributed by atoms with Crippen LogP contribution >= 0.6 is 0 Å². The summed E-state index contributed by atoms with van der Waals surface area (Å²) in [5.41, 5.74) is 1.85. The molecule has 1 aliphatic rings. The maximum absolute atomic E-state index is 13.0. The van der Waals surface area contributed by atoms with Crippen LogP contribution in [0, 0.1) is 5.95 Å². The van der Waals surface area contributed by atoms with E-state index in [0.29, 0.717) is 12.5 Å². The number of carboxylic acids is 1. The largest absolute Gasteiger partial charge is 0.477 e. The quantitative estimate of drug-likeness (QED) is 0.704. The van der Waals surface area contributed by atoms with Gasteiger partial charge in [0.25, 0.3) is 5.56 Å². The number of piperidine rings is 1. The van der Waals surface area contributed by atoms with Gasteiger partial charge >= 0.3 is 5.97 Å². The zero-order valence-corrected chi connectivity index (χ0v) is 15.2. The number of nitrogens with zero attached hydrogens (tertiary/aromatic N) is 3. The first-order valence-corrected chi connectivity index (χ1v) is 9.23. The fourth-order valence-electron chi connectivity index (χ4n) is 3.90. The summed E-state index contributed by atoms with van der Waals surface area (Å²) in [6.45, 7) is 2.24. The van der Waals surface area contributed by atoms with Crippen molar-refractivity contribution >= 4 is 11.5 Å². The van der Waals surface area contributed by atoms with E-state index in [4.69, 9.17) is 0 Å². The predicted octanol–water partition coefficient (Wildman–Crippen LogP) is 2.91. The molecule has 1 N–H and O–H groups in total. The third kappa shape index (κ3) is 3.53. The van der Waals surface area contributed by atoms with Gasteiger partial charge in [0.2, 0.25) is 5.95 Å². The van der Waals surface area contributed by atoms with Crippen molar-refractivity contribution in [3.05, 3.63) is 81.8 Å². The summed E-state index contributed by atoms with van der Waals surface area (Å²) in [5, 5.41) is 9.38. The first-order valence-electron chi connectivity index (χ1n) is 9.23. The molecular formula is C21H20FN3O3. The van der Waals surface area contributed by atoms with Crippen LogP contribution in [-0.4, -0.2) is 38.4 Å². The van der Waals surface area contributed by atoms with Gasteiger partial charge in [-0.2, -0.15) is 4.39 Å². The van der Waals surface area contributed by atoms with Gasteiger partial charge in [-0.3, -0.25) is 14.1 Å². The molecule has 28 heavy (non-hydrogen) atoms. The Bertz CT molecular complexity index is 1070. The van der Waals surface area contributed by atoms with E-state index >= 15 is 0 Å². The summed E-state index contributed by atoms with van der Waals surface area (Å²) in [6, 6.07) is 10.1. The number of hydrogen-bond acceptors (Lipinski definition) is 4. The van der Waals surface area contributed by atoms with Gasteiger partial charge in [0.05, 0.1) is 5.52 Å². The molecule has 0 spiro atoms. The van der Waals surface area contributed by atoms with E-state index < -0.39 is 17.5 Å². The van der Waals surface area contributed by atoms with Crippen molar-refractivity contribution in [3.8, 4) is 0 Å². The molecule has 4 heterocycles. The number of halogens is 1. The van der Waals surface area contributed by atoms with Crippen LogP contribution in [0.3, 0.4) is 0 Å². The van der Waals surface area contributed by atoms with Gasteiger partial charge in [0.15, 0.2) is 0 Å². The summed E-state index contributed by atoms with van der Waals surface area (Å²) >= 11 is 0. The minimum absolute atomic E-state index is 0.217. The summed E-state index contributed by atoms with van der Waals surface area (Å²) in [4.78, 5) is 29.8. The van der Waals surface area contributed by atoms with E-state index in [1.165, 1.54) is 16.5 Å². The molecule has 0 unspecified atom stereocenters. The molecule has 0 bridgehead atoms. The van der Waals surface area contributed by atoms with Crippen molar-refractivity contribution in [1.29, 1.82) is 0 Å². The lowest BCUT2D eigenvalue weighted by atomic mass is 9.90. The van der Waals surface area contributed by atoms with Gasteiger partial charge < -0.3 is 5.11 Å². The van der Waals surface area contributed by atoms with Crippen molar-refractivity contribution in [1.82, 2.24) is 14.3 Å². The van der Waals surface area contributed by atoms with Gasteiger partial charge in [0.1, 0.15) is 5.56 Å². The van der Waals surface area contributed by atoms with E-state index in [0.717, 1.165) is 42.6 Å². The van der Waals surface area contributed by atoms with E-state index in [1.807, 2.05) is 12.1 Å². The zero-order chi connectivity index (χ0) is 19.7. The van der Waals surface area contributed by atoms with Gasteiger partial charge in [-0.05, 0) is 67.2 Å². The number of pyridine rings is 3. The maximum atomic E-state index is 13.0. The van der Waals surface area contributed by atoms with E-state index in [1.54, 1.807) is 24.5 Å². The predicted molar refractivity (Wildman–Crippen MR) is 102 cm³/mol. The molecule has 1 aliphatic heterocycles. The molecule has 0 aliphatic carbocycles. The Morgan fingerprint density at radius 3 is 2.68 bits per heavy atom. The van der Waals surface area contributed by atoms with Crippen LogP contribution in [0.15, 0.2) is 53.6 Å². The molecule has 0 atom stereocenters. The number of aromatic carboxylic acids is 1. The lowest BCUT2D eigenvalue weighted by Gasteiger charge is -2.32. The average molecular weight is 381 g/mol. The molecule has 1 saturated heterocycles. The van der Waals surface area contributed by atoms with Gasteiger partial charge in [-0.1, -0.05) is 12.1 Å². The summed E-state index contributed by atoms with van der Waals surface area (Å²) in [7, 11) is 0. The lowest BCUT2D eigenvalue weighted by Crippen LogP contribution is -2.33. The number of likely N-dealkylation sites (tertiary alicyclic amines) is 1. The average Bonchev–Trinajstić information content (AvgIpc) is 2.71. The SMILES string of the molecule is O=C(O)c1cc(CN2CCC(c3ccc(F)nc3)CC2)c2ccccn2c1=O. The van der Waals surface area contributed by atoms with Crippen molar-refractivity contribution in [3.63, 3.8) is 0 Å². The number of aromatic nitrogens is 2. The minimum Gasteiger partial charge on any atom is -0.477 e. The van der Waals surface area contributed by atoms with Gasteiger partial charge in [0, 0.05) is 18.9 Å². The maximum Gasteiger partial charge on any atom is 0.341 e. The molecule has 6 nitrogen and oxygen atoms in total. The first kappa shape index (κ1) is 18.3. The van der Waals surface area contributed by atoms with Crippen LogP contribution in [0.1, 0.15) is 40.2 Å². The fourth-order valence-corrected chi connectivity index (χ4v) is 3.90. The first-order chi connectivity index (χ1) is 13.5. The Morgan fingerprint density at radius 2 is 2.00 bits per heavy atom. The molecule has 0 aromatic carbocycles. The third-order valence-electron chi connectivity index (χ3n) is 5.39. The summed E-state index contributed by atoms with van der Waals surface area (Å²) in [5.74, 6) is -1.34. The molecule has 7 heteroatoms. The topological polar surface area (TPSA) is 74.9 Å². The highest BCUT2D eigenvalue weighted by Crippen LogP contribution is 2.28. The highest BCUT2D eigenvalue weighted by molar-refractivity contribution is 5.88. The van der Waals surface area contributed by atoms with Crippen LogP contribution in [0.5, 0.6) is 0 Å². The van der Waals surface area contributed by atoms with Crippen LogP contribution in [0.2, 0.25) is 0 Å². The molecule has 0 saturated carbocycles. The van der Waals surface area contributed by atoms with E-state index in [2.05, 4.69) is 9.88 Å². The van der Waals surface area contributed by atoms with Crippen LogP contribution in [0.25, 0.3) is 5.52 Å². The number of fused-ring (bicyclic) bond motifs is 1. The summed E-state index contributed by atoms with van der Waals surface area (Å²) < 4.78 is 14.4. The van der Waals surface area contributed by atoms with Crippen LogP contribution in [-0.2, 0) is 6.54 Å². The molecule has 0 amide bonds. The second-order valence-corrected chi connectivity index (χ2v) is 7.11. The minimum atomic E-state index is -1.22. The van der Waals surface area contributed by atoms with Crippen LogP contribution in [0.4, 0.5) is 4.39 Å². The lowest BCUT2D eigenvalue weighted by molar-refractivity contribution is 0.0694. The monoisotopic (exact) mass is 381 g/mol. The Balaban J connectivity index is 1.54. The second-order valence-electron chi connectivity index (χ2n) is 7.11. The van der Waals surface area contributed by atoms with Crippen molar-refractivity contribution in [2.75, 3.05) is 13.1 Å². The second kappa shape index (κ2) is 7.52. The fraction of sp³-hybridized carbons (Fsp3) is 0.286.